The van der Waals surface area contributed by atoms with Crippen molar-refractivity contribution in [2.45, 2.75) is 31.7 Å². The third kappa shape index (κ3) is 4.01. The Morgan fingerprint density at radius 3 is 2.44 bits per heavy atom. The Labute approximate surface area is 98.8 Å². The fourth-order valence-corrected chi connectivity index (χ4v) is 2.80. The predicted octanol–water partition coefficient (Wildman–Crippen LogP) is 0.200. The number of rotatable bonds is 5. The van der Waals surface area contributed by atoms with Gasteiger partial charge in [-0.15, -0.1) is 0 Å². The van der Waals surface area contributed by atoms with E-state index in [9.17, 15) is 8.42 Å². The molecule has 0 aromatic rings. The normalized spacial score (nSPS) is 20.5. The molecule has 1 aliphatic rings. The summed E-state index contributed by atoms with van der Waals surface area (Å²) < 4.78 is 23.6. The first-order chi connectivity index (χ1) is 7.45. The lowest BCUT2D eigenvalue weighted by Crippen LogP contribution is -2.47. The molecule has 6 heteroatoms. The minimum absolute atomic E-state index is 0.476. The number of piperidine rings is 1. The molecule has 0 radical (unpaired) electrons. The van der Waals surface area contributed by atoms with Crippen LogP contribution in [0.15, 0.2) is 0 Å². The monoisotopic (exact) mass is 248 g/mol. The molecule has 2 N–H and O–H groups in total. The number of nitrogens with two attached hydrogens (primary N) is 1. The summed E-state index contributed by atoms with van der Waals surface area (Å²) in [7, 11) is -1.40. The smallest absolute Gasteiger partial charge is 0.276 e. The van der Waals surface area contributed by atoms with Crippen LogP contribution < -0.4 is 5.14 Å². The van der Waals surface area contributed by atoms with Crippen LogP contribution in [0, 0.1) is 6.92 Å². The highest BCUT2D eigenvalue weighted by Crippen LogP contribution is 2.16. The molecule has 0 unspecified atom stereocenters. The van der Waals surface area contributed by atoms with Gasteiger partial charge in [-0.3, -0.25) is 0 Å². The average molecular weight is 248 g/mol. The minimum Gasteiger partial charge on any atom is -0.343 e. The number of unbranched alkanes of at least 4 members (excludes halogenated alkanes) is 1. The van der Waals surface area contributed by atoms with Crippen LogP contribution >= 0.6 is 0 Å². The maximum atomic E-state index is 11.1. The van der Waals surface area contributed by atoms with Crippen molar-refractivity contribution >= 4 is 10.2 Å². The Kier molecular flexibility index (Phi) is 5.17. The van der Waals surface area contributed by atoms with Gasteiger partial charge in [0.2, 0.25) is 0 Å². The Morgan fingerprint density at radius 2 is 2.00 bits per heavy atom. The first-order valence-electron chi connectivity index (χ1n) is 5.72. The summed E-state index contributed by atoms with van der Waals surface area (Å²) >= 11 is 0. The van der Waals surface area contributed by atoms with Gasteiger partial charge in [0.25, 0.3) is 10.2 Å². The maximum Gasteiger partial charge on any atom is 0.276 e. The standard InChI is InChI=1S/C10H22N3O2S/c1-3-4-7-12(2)10-5-8-13(9-6-10)16(11,14)15/h10H,1,3-9H2,2H3,(H2,11,14,15)/q-1. The molecule has 16 heavy (non-hydrogen) atoms. The summed E-state index contributed by atoms with van der Waals surface area (Å²) in [5, 5.41) is 5.09. The molecule has 96 valence electrons. The molecule has 0 amide bonds. The quantitative estimate of drug-likeness (QED) is 0.707. The highest BCUT2D eigenvalue weighted by molar-refractivity contribution is 7.86. The summed E-state index contributed by atoms with van der Waals surface area (Å²) in [6.45, 7) is 5.93. The lowest BCUT2D eigenvalue weighted by atomic mass is 10.1. The zero-order valence-electron chi connectivity index (χ0n) is 9.93. The van der Waals surface area contributed by atoms with Crippen LogP contribution in [-0.4, -0.2) is 50.3 Å². The summed E-state index contributed by atoms with van der Waals surface area (Å²) in [5.74, 6) is 0. The maximum absolute atomic E-state index is 11.1. The second-order valence-corrected chi connectivity index (χ2v) is 5.91. The molecule has 0 saturated carbocycles. The molecule has 0 atom stereocenters. The van der Waals surface area contributed by atoms with Gasteiger partial charge in [0, 0.05) is 19.1 Å². The number of nitrogens with zero attached hydrogens (tertiary/aromatic N) is 2. The van der Waals surface area contributed by atoms with Gasteiger partial charge in [0.1, 0.15) is 0 Å². The molecule has 0 aromatic heterocycles. The van der Waals surface area contributed by atoms with E-state index in [1.807, 2.05) is 0 Å². The first-order valence-corrected chi connectivity index (χ1v) is 7.23. The highest BCUT2D eigenvalue weighted by atomic mass is 32.2. The van der Waals surface area contributed by atoms with E-state index in [2.05, 4.69) is 18.9 Å². The predicted molar refractivity (Wildman–Crippen MR) is 64.9 cm³/mol. The van der Waals surface area contributed by atoms with E-state index in [-0.39, 0.29) is 0 Å². The topological polar surface area (TPSA) is 66.6 Å². The van der Waals surface area contributed by atoms with Crippen LogP contribution in [0.4, 0.5) is 0 Å². The van der Waals surface area contributed by atoms with Crippen molar-refractivity contribution in [1.82, 2.24) is 9.21 Å². The van der Waals surface area contributed by atoms with Gasteiger partial charge in [-0.25, -0.2) is 5.14 Å². The van der Waals surface area contributed by atoms with Gasteiger partial charge < -0.3 is 11.8 Å². The van der Waals surface area contributed by atoms with E-state index in [0.717, 1.165) is 32.2 Å². The first kappa shape index (κ1) is 13.9. The molecule has 0 aromatic carbocycles. The lowest BCUT2D eigenvalue weighted by Gasteiger charge is -2.35. The lowest BCUT2D eigenvalue weighted by molar-refractivity contribution is 0.167. The molecule has 1 fully saturated rings. The van der Waals surface area contributed by atoms with Crippen molar-refractivity contribution in [3.05, 3.63) is 6.92 Å². The van der Waals surface area contributed by atoms with Crippen molar-refractivity contribution < 1.29 is 8.42 Å². The Hall–Kier alpha value is -0.170. The minimum atomic E-state index is -3.49. The van der Waals surface area contributed by atoms with Crippen LogP contribution in [0.2, 0.25) is 0 Å². The molecule has 1 heterocycles. The van der Waals surface area contributed by atoms with Crippen LogP contribution in [-0.2, 0) is 10.2 Å². The summed E-state index contributed by atoms with van der Waals surface area (Å²) in [4.78, 5) is 2.30. The van der Waals surface area contributed by atoms with Crippen molar-refractivity contribution in [3.8, 4) is 0 Å². The number of hydrogen-bond donors (Lipinski definition) is 1. The van der Waals surface area contributed by atoms with Gasteiger partial charge in [-0.1, -0.05) is 6.42 Å². The largest absolute Gasteiger partial charge is 0.343 e. The van der Waals surface area contributed by atoms with Gasteiger partial charge in [0.05, 0.1) is 0 Å². The average Bonchev–Trinajstić information content (AvgIpc) is 2.25. The third-order valence-electron chi connectivity index (χ3n) is 3.17. The number of hydrogen-bond acceptors (Lipinski definition) is 3. The zero-order chi connectivity index (χ0) is 12.2. The molecule has 1 saturated heterocycles. The fourth-order valence-electron chi connectivity index (χ4n) is 2.08. The Balaban J connectivity index is 2.37. The molecule has 0 spiro atoms. The Bertz CT molecular complexity index is 297. The van der Waals surface area contributed by atoms with Gasteiger partial charge >= 0.3 is 0 Å². The Morgan fingerprint density at radius 1 is 1.44 bits per heavy atom. The van der Waals surface area contributed by atoms with Crippen LogP contribution in [0.3, 0.4) is 0 Å². The van der Waals surface area contributed by atoms with Gasteiger partial charge in [-0.2, -0.15) is 19.1 Å². The third-order valence-corrected chi connectivity index (χ3v) is 4.25. The second kappa shape index (κ2) is 5.95. The van der Waals surface area contributed by atoms with E-state index >= 15 is 0 Å². The van der Waals surface area contributed by atoms with Crippen molar-refractivity contribution in [2.24, 2.45) is 5.14 Å². The molecule has 1 rings (SSSR count). The molecular formula is C10H22N3O2S-. The van der Waals surface area contributed by atoms with Crippen molar-refractivity contribution in [2.75, 3.05) is 26.7 Å². The zero-order valence-corrected chi connectivity index (χ0v) is 10.7. The van der Waals surface area contributed by atoms with Crippen molar-refractivity contribution in [1.29, 1.82) is 0 Å². The highest BCUT2D eigenvalue weighted by Gasteiger charge is 2.26. The van der Waals surface area contributed by atoms with E-state index in [1.54, 1.807) is 0 Å². The SMILES string of the molecule is [CH2-]CCCN(C)C1CCN(S(N)(=O)=O)CC1. The molecule has 0 aliphatic carbocycles. The van der Waals surface area contributed by atoms with Crippen molar-refractivity contribution in [3.63, 3.8) is 0 Å². The van der Waals surface area contributed by atoms with Crippen LogP contribution in [0.25, 0.3) is 0 Å². The van der Waals surface area contributed by atoms with E-state index in [4.69, 9.17) is 5.14 Å². The molecule has 5 nitrogen and oxygen atoms in total. The molecular weight excluding hydrogens is 226 g/mol. The van der Waals surface area contributed by atoms with E-state index in [0.29, 0.717) is 19.1 Å². The fraction of sp³-hybridized carbons (Fsp3) is 0.900. The van der Waals surface area contributed by atoms with E-state index < -0.39 is 10.2 Å². The van der Waals surface area contributed by atoms with Crippen LogP contribution in [0.5, 0.6) is 0 Å². The van der Waals surface area contributed by atoms with Gasteiger partial charge in [-0.05, 0) is 26.4 Å². The molecule has 0 bridgehead atoms. The summed E-state index contributed by atoms with van der Waals surface area (Å²) in [6.07, 6.45) is 3.76. The van der Waals surface area contributed by atoms with Crippen LogP contribution in [0.1, 0.15) is 25.7 Å². The second-order valence-electron chi connectivity index (χ2n) is 4.36. The van der Waals surface area contributed by atoms with E-state index in [1.165, 1.54) is 4.31 Å². The summed E-state index contributed by atoms with van der Waals surface area (Å²) in [6, 6.07) is 0.476. The molecule has 1 aliphatic heterocycles. The van der Waals surface area contributed by atoms with Gasteiger partial charge in [0.15, 0.2) is 0 Å². The summed E-state index contributed by atoms with van der Waals surface area (Å²) in [5.41, 5.74) is 0.